The van der Waals surface area contributed by atoms with Crippen molar-refractivity contribution in [1.82, 2.24) is 14.9 Å². The lowest BCUT2D eigenvalue weighted by molar-refractivity contribution is -0.123. The molecule has 6 heteroatoms. The third-order valence-electron chi connectivity index (χ3n) is 5.08. The second-order valence-electron chi connectivity index (χ2n) is 6.86. The van der Waals surface area contributed by atoms with Gasteiger partial charge in [0.2, 0.25) is 5.91 Å². The van der Waals surface area contributed by atoms with Crippen LogP contribution in [0.5, 0.6) is 0 Å². The minimum absolute atomic E-state index is 0.309. The molecule has 2 heterocycles. The largest absolute Gasteiger partial charge is 0.368 e. The van der Waals surface area contributed by atoms with Gasteiger partial charge in [-0.1, -0.05) is 42.5 Å². The van der Waals surface area contributed by atoms with Gasteiger partial charge in [0.1, 0.15) is 6.04 Å². The minimum atomic E-state index is -0.392. The molecule has 1 atom stereocenters. The van der Waals surface area contributed by atoms with Gasteiger partial charge in [0.05, 0.1) is 16.7 Å². The topological polar surface area (TPSA) is 75.3 Å². The predicted molar refractivity (Wildman–Crippen MR) is 106 cm³/mol. The molecule has 1 aliphatic heterocycles. The number of benzene rings is 2. The minimum Gasteiger partial charge on any atom is -0.368 e. The summed E-state index contributed by atoms with van der Waals surface area (Å²) >= 11 is 0. The van der Waals surface area contributed by atoms with Gasteiger partial charge in [-0.15, -0.1) is 0 Å². The van der Waals surface area contributed by atoms with E-state index in [0.717, 1.165) is 54.3 Å². The molecule has 2 aromatic carbocycles. The standard InChI is InChI=1S/C21H23N5O/c1-15-21(24-18-10-6-5-9-17(18)23-15)26-13-11-25(12-14-26)19(20(22)27)16-7-3-2-4-8-16/h2-10,19H,11-14H2,1H3,(H2,22,27). The van der Waals surface area contributed by atoms with Crippen LogP contribution in [-0.4, -0.2) is 47.0 Å². The Morgan fingerprint density at radius 2 is 1.52 bits per heavy atom. The Morgan fingerprint density at radius 1 is 0.926 bits per heavy atom. The Labute approximate surface area is 158 Å². The number of hydrogen-bond donors (Lipinski definition) is 1. The van der Waals surface area contributed by atoms with Crippen molar-refractivity contribution in [3.63, 3.8) is 0 Å². The third kappa shape index (κ3) is 3.48. The molecule has 1 amide bonds. The molecule has 138 valence electrons. The highest BCUT2D eigenvalue weighted by molar-refractivity contribution is 5.81. The van der Waals surface area contributed by atoms with Gasteiger partial charge in [0, 0.05) is 26.2 Å². The van der Waals surface area contributed by atoms with Crippen LogP contribution in [0, 0.1) is 6.92 Å². The summed E-state index contributed by atoms with van der Waals surface area (Å²) in [6, 6.07) is 17.3. The maximum atomic E-state index is 12.1. The Bertz CT molecular complexity index is 951. The van der Waals surface area contributed by atoms with E-state index in [1.165, 1.54) is 0 Å². The molecule has 1 saturated heterocycles. The second kappa shape index (κ2) is 7.32. The van der Waals surface area contributed by atoms with E-state index in [1.54, 1.807) is 0 Å². The number of aromatic nitrogens is 2. The van der Waals surface area contributed by atoms with E-state index in [1.807, 2.05) is 61.5 Å². The number of hydrogen-bond acceptors (Lipinski definition) is 5. The number of fused-ring (bicyclic) bond motifs is 1. The van der Waals surface area contributed by atoms with E-state index in [9.17, 15) is 4.79 Å². The van der Waals surface area contributed by atoms with Gasteiger partial charge in [0.25, 0.3) is 0 Å². The van der Waals surface area contributed by atoms with Crippen LogP contribution in [0.25, 0.3) is 11.0 Å². The number of carbonyl (C=O) groups is 1. The number of nitrogens with zero attached hydrogens (tertiary/aromatic N) is 4. The van der Waals surface area contributed by atoms with Gasteiger partial charge in [-0.2, -0.15) is 0 Å². The quantitative estimate of drug-likeness (QED) is 0.772. The molecular weight excluding hydrogens is 338 g/mol. The van der Waals surface area contributed by atoms with E-state index < -0.39 is 6.04 Å². The maximum absolute atomic E-state index is 12.1. The highest BCUT2D eigenvalue weighted by atomic mass is 16.1. The van der Waals surface area contributed by atoms with Crippen molar-refractivity contribution in [1.29, 1.82) is 0 Å². The van der Waals surface area contributed by atoms with E-state index in [4.69, 9.17) is 10.7 Å². The summed E-state index contributed by atoms with van der Waals surface area (Å²) in [5, 5.41) is 0. The van der Waals surface area contributed by atoms with E-state index in [2.05, 4.69) is 14.8 Å². The molecule has 1 aromatic heterocycles. The van der Waals surface area contributed by atoms with Crippen LogP contribution in [0.15, 0.2) is 54.6 Å². The van der Waals surface area contributed by atoms with E-state index in [-0.39, 0.29) is 5.91 Å². The van der Waals surface area contributed by atoms with E-state index in [0.29, 0.717) is 0 Å². The molecule has 6 nitrogen and oxygen atoms in total. The van der Waals surface area contributed by atoms with Crippen molar-refractivity contribution in [2.75, 3.05) is 31.1 Å². The average Bonchev–Trinajstić information content (AvgIpc) is 2.69. The van der Waals surface area contributed by atoms with Crippen LogP contribution in [0.4, 0.5) is 5.82 Å². The van der Waals surface area contributed by atoms with Gasteiger partial charge in [-0.3, -0.25) is 9.69 Å². The van der Waals surface area contributed by atoms with Crippen LogP contribution in [0.2, 0.25) is 0 Å². The summed E-state index contributed by atoms with van der Waals surface area (Å²) in [6.07, 6.45) is 0. The van der Waals surface area contributed by atoms with Crippen molar-refractivity contribution >= 4 is 22.8 Å². The van der Waals surface area contributed by atoms with Crippen molar-refractivity contribution in [3.05, 3.63) is 65.9 Å². The van der Waals surface area contributed by atoms with Crippen molar-refractivity contribution in [2.24, 2.45) is 5.73 Å². The zero-order chi connectivity index (χ0) is 18.8. The fourth-order valence-electron chi connectivity index (χ4n) is 3.76. The molecule has 1 fully saturated rings. The number of rotatable bonds is 4. The summed E-state index contributed by atoms with van der Waals surface area (Å²) < 4.78 is 0. The fraction of sp³-hybridized carbons (Fsp3) is 0.286. The molecule has 1 unspecified atom stereocenters. The third-order valence-corrected chi connectivity index (χ3v) is 5.08. The molecule has 0 saturated carbocycles. The van der Waals surface area contributed by atoms with Crippen molar-refractivity contribution < 1.29 is 4.79 Å². The molecule has 0 aliphatic carbocycles. The van der Waals surface area contributed by atoms with E-state index >= 15 is 0 Å². The first-order valence-corrected chi connectivity index (χ1v) is 9.20. The number of anilines is 1. The van der Waals surface area contributed by atoms with Gasteiger partial charge < -0.3 is 10.6 Å². The van der Waals surface area contributed by atoms with Crippen LogP contribution >= 0.6 is 0 Å². The number of nitrogens with two attached hydrogens (primary N) is 1. The van der Waals surface area contributed by atoms with Gasteiger partial charge in [-0.05, 0) is 24.6 Å². The second-order valence-corrected chi connectivity index (χ2v) is 6.86. The normalized spacial score (nSPS) is 16.4. The zero-order valence-corrected chi connectivity index (χ0v) is 15.4. The lowest BCUT2D eigenvalue weighted by atomic mass is 10.0. The molecule has 2 N–H and O–H groups in total. The smallest absolute Gasteiger partial charge is 0.239 e. The summed E-state index contributed by atoms with van der Waals surface area (Å²) in [6.45, 7) is 5.05. The highest BCUT2D eigenvalue weighted by Crippen LogP contribution is 2.25. The Balaban J connectivity index is 1.53. The fourth-order valence-corrected chi connectivity index (χ4v) is 3.76. The highest BCUT2D eigenvalue weighted by Gasteiger charge is 2.29. The first-order chi connectivity index (χ1) is 13.1. The lowest BCUT2D eigenvalue weighted by Gasteiger charge is -2.39. The number of piperazine rings is 1. The molecule has 4 rings (SSSR count). The number of aryl methyl sites for hydroxylation is 1. The van der Waals surface area contributed by atoms with Crippen molar-refractivity contribution in [2.45, 2.75) is 13.0 Å². The predicted octanol–water partition coefficient (Wildman–Crippen LogP) is 2.29. The number of amides is 1. The van der Waals surface area contributed by atoms with Gasteiger partial charge >= 0.3 is 0 Å². The molecule has 0 radical (unpaired) electrons. The zero-order valence-electron chi connectivity index (χ0n) is 15.4. The summed E-state index contributed by atoms with van der Waals surface area (Å²) in [7, 11) is 0. The molecule has 0 spiro atoms. The van der Waals surface area contributed by atoms with Crippen LogP contribution < -0.4 is 10.6 Å². The Hall–Kier alpha value is -2.99. The molecule has 0 bridgehead atoms. The van der Waals surface area contributed by atoms with Crippen molar-refractivity contribution in [3.8, 4) is 0 Å². The SMILES string of the molecule is Cc1nc2ccccc2nc1N1CCN(C(C(N)=O)c2ccccc2)CC1. The van der Waals surface area contributed by atoms with Crippen LogP contribution in [0.3, 0.4) is 0 Å². The molecular formula is C21H23N5O. The monoisotopic (exact) mass is 361 g/mol. The summed E-state index contributed by atoms with van der Waals surface area (Å²) in [5.41, 5.74) is 9.40. The van der Waals surface area contributed by atoms with Gasteiger partial charge in [0.15, 0.2) is 5.82 Å². The molecule has 27 heavy (non-hydrogen) atoms. The first kappa shape index (κ1) is 17.4. The summed E-state index contributed by atoms with van der Waals surface area (Å²) in [4.78, 5) is 26.0. The number of carbonyl (C=O) groups excluding carboxylic acids is 1. The van der Waals surface area contributed by atoms with Crippen LogP contribution in [0.1, 0.15) is 17.3 Å². The molecule has 1 aliphatic rings. The lowest BCUT2D eigenvalue weighted by Crippen LogP contribution is -2.50. The van der Waals surface area contributed by atoms with Crippen LogP contribution in [-0.2, 0) is 4.79 Å². The molecule has 3 aromatic rings. The average molecular weight is 361 g/mol. The first-order valence-electron chi connectivity index (χ1n) is 9.20. The number of para-hydroxylation sites is 2. The number of primary amides is 1. The Kier molecular flexibility index (Phi) is 4.73. The van der Waals surface area contributed by atoms with Gasteiger partial charge in [-0.25, -0.2) is 9.97 Å². The summed E-state index contributed by atoms with van der Waals surface area (Å²) in [5.74, 6) is 0.611. The Morgan fingerprint density at radius 3 is 2.15 bits per heavy atom. The maximum Gasteiger partial charge on any atom is 0.239 e.